The molecule has 0 aliphatic carbocycles. The maximum absolute atomic E-state index is 12.7. The van der Waals surface area contributed by atoms with Crippen molar-refractivity contribution in [2.75, 3.05) is 47.4 Å². The van der Waals surface area contributed by atoms with Crippen LogP contribution in [0, 0.1) is 6.92 Å². The molecule has 0 aromatic heterocycles. The van der Waals surface area contributed by atoms with E-state index >= 15 is 0 Å². The number of hydrogen-bond donors (Lipinski definition) is 1. The lowest BCUT2D eigenvalue weighted by atomic mass is 10.1. The monoisotopic (exact) mass is 293 g/mol. The fourth-order valence-corrected chi connectivity index (χ4v) is 2.73. The quantitative estimate of drug-likeness (QED) is 0.876. The van der Waals surface area contributed by atoms with Gasteiger partial charge in [-0.2, -0.15) is 0 Å². The van der Waals surface area contributed by atoms with Crippen molar-refractivity contribution < 1.29 is 19.2 Å². The van der Waals surface area contributed by atoms with E-state index in [1.54, 1.807) is 14.2 Å². The van der Waals surface area contributed by atoms with Gasteiger partial charge >= 0.3 is 0 Å². The van der Waals surface area contributed by atoms with Crippen LogP contribution in [0.25, 0.3) is 0 Å². The van der Waals surface area contributed by atoms with Gasteiger partial charge in [-0.3, -0.25) is 4.79 Å². The van der Waals surface area contributed by atoms with Crippen LogP contribution in [0.1, 0.15) is 22.3 Å². The van der Waals surface area contributed by atoms with Gasteiger partial charge in [0.25, 0.3) is 5.91 Å². The Morgan fingerprint density at radius 3 is 2.33 bits per heavy atom. The van der Waals surface area contributed by atoms with Gasteiger partial charge < -0.3 is 19.3 Å². The first kappa shape index (κ1) is 15.6. The highest BCUT2D eigenvalue weighted by Gasteiger charge is 2.22. The van der Waals surface area contributed by atoms with Gasteiger partial charge in [0, 0.05) is 24.1 Å². The summed E-state index contributed by atoms with van der Waals surface area (Å²) >= 11 is 0. The second kappa shape index (κ2) is 6.80. The van der Waals surface area contributed by atoms with Gasteiger partial charge in [0.2, 0.25) is 0 Å². The Morgan fingerprint density at radius 2 is 1.76 bits per heavy atom. The first-order valence-corrected chi connectivity index (χ1v) is 7.40. The summed E-state index contributed by atoms with van der Waals surface area (Å²) in [6, 6.07) is 3.61. The van der Waals surface area contributed by atoms with Gasteiger partial charge in [0.05, 0.1) is 40.9 Å². The van der Waals surface area contributed by atoms with E-state index in [1.165, 1.54) is 4.90 Å². The van der Waals surface area contributed by atoms with Crippen LogP contribution in [0.15, 0.2) is 12.1 Å². The van der Waals surface area contributed by atoms with Crippen molar-refractivity contribution in [2.45, 2.75) is 13.3 Å². The Labute approximate surface area is 126 Å². The number of hydrogen-bond acceptors (Lipinski definition) is 3. The van der Waals surface area contributed by atoms with Crippen molar-refractivity contribution in [3.8, 4) is 11.5 Å². The molecule has 1 N–H and O–H groups in total. The van der Waals surface area contributed by atoms with Crippen molar-refractivity contribution in [2.24, 2.45) is 0 Å². The number of amides is 1. The number of carbonyl (C=O) groups is 1. The van der Waals surface area contributed by atoms with E-state index in [0.29, 0.717) is 17.1 Å². The van der Waals surface area contributed by atoms with Crippen LogP contribution in [0.3, 0.4) is 0 Å². The van der Waals surface area contributed by atoms with Gasteiger partial charge in [0.15, 0.2) is 0 Å². The van der Waals surface area contributed by atoms with Crippen molar-refractivity contribution >= 4 is 5.91 Å². The van der Waals surface area contributed by atoms with E-state index in [1.807, 2.05) is 24.0 Å². The molecule has 5 heteroatoms. The van der Waals surface area contributed by atoms with Crippen LogP contribution >= 0.6 is 0 Å². The molecule has 0 radical (unpaired) electrons. The lowest BCUT2D eigenvalue weighted by molar-refractivity contribution is -0.877. The molecule has 1 atom stereocenters. The van der Waals surface area contributed by atoms with E-state index in [9.17, 15) is 4.79 Å². The van der Waals surface area contributed by atoms with E-state index in [2.05, 4.69) is 7.05 Å². The lowest BCUT2D eigenvalue weighted by Gasteiger charge is -2.20. The fourth-order valence-electron chi connectivity index (χ4n) is 2.73. The molecule has 1 aliphatic heterocycles. The number of benzene rings is 1. The molecule has 1 heterocycles. The SMILES string of the molecule is COc1cc(C(=O)N2CCC[NH+](C)CC2)cc(OC)c1C. The minimum absolute atomic E-state index is 0.0568. The molecule has 1 unspecified atom stereocenters. The third kappa shape index (κ3) is 3.47. The maximum Gasteiger partial charge on any atom is 0.254 e. The molecular weight excluding hydrogens is 268 g/mol. The Balaban J connectivity index is 2.26. The zero-order chi connectivity index (χ0) is 15.4. The summed E-state index contributed by atoms with van der Waals surface area (Å²) in [5, 5.41) is 0. The summed E-state index contributed by atoms with van der Waals surface area (Å²) in [6.45, 7) is 5.64. The Bertz CT molecular complexity index is 491. The van der Waals surface area contributed by atoms with Gasteiger partial charge in [-0.05, 0) is 19.1 Å². The summed E-state index contributed by atoms with van der Waals surface area (Å²) in [5.74, 6) is 1.44. The number of methoxy groups -OCH3 is 2. The Hall–Kier alpha value is -1.75. The van der Waals surface area contributed by atoms with Crippen molar-refractivity contribution in [1.82, 2.24) is 4.90 Å². The highest BCUT2D eigenvalue weighted by atomic mass is 16.5. The topological polar surface area (TPSA) is 43.2 Å². The Morgan fingerprint density at radius 1 is 1.14 bits per heavy atom. The van der Waals surface area contributed by atoms with E-state index in [-0.39, 0.29) is 5.91 Å². The molecule has 2 rings (SSSR count). The average Bonchev–Trinajstić information content (AvgIpc) is 2.71. The van der Waals surface area contributed by atoms with Crippen LogP contribution in [0.2, 0.25) is 0 Å². The number of quaternary nitrogens is 1. The van der Waals surface area contributed by atoms with Crippen molar-refractivity contribution in [3.63, 3.8) is 0 Å². The summed E-state index contributed by atoms with van der Waals surface area (Å²) in [6.07, 6.45) is 1.04. The lowest BCUT2D eigenvalue weighted by Crippen LogP contribution is -3.09. The molecule has 0 saturated carbocycles. The molecule has 116 valence electrons. The number of carbonyl (C=O) groups excluding carboxylic acids is 1. The van der Waals surface area contributed by atoms with Crippen molar-refractivity contribution in [3.05, 3.63) is 23.3 Å². The molecule has 1 amide bonds. The molecule has 0 spiro atoms. The highest BCUT2D eigenvalue weighted by molar-refractivity contribution is 5.95. The first-order valence-electron chi connectivity index (χ1n) is 7.40. The van der Waals surface area contributed by atoms with Crippen molar-refractivity contribution in [1.29, 1.82) is 0 Å². The summed E-state index contributed by atoms with van der Waals surface area (Å²) in [4.78, 5) is 16.1. The molecule has 5 nitrogen and oxygen atoms in total. The van der Waals surface area contributed by atoms with Crippen LogP contribution in [-0.4, -0.2) is 58.3 Å². The number of likely N-dealkylation sites (N-methyl/N-ethyl adjacent to an activating group) is 1. The molecule has 1 aromatic carbocycles. The third-order valence-corrected chi connectivity index (χ3v) is 4.13. The number of nitrogens with zero attached hydrogens (tertiary/aromatic N) is 1. The minimum atomic E-state index is 0.0568. The zero-order valence-corrected chi connectivity index (χ0v) is 13.4. The maximum atomic E-state index is 12.7. The molecule has 0 bridgehead atoms. The van der Waals surface area contributed by atoms with Crippen LogP contribution in [-0.2, 0) is 0 Å². The third-order valence-electron chi connectivity index (χ3n) is 4.13. The van der Waals surface area contributed by atoms with Gasteiger partial charge in [-0.1, -0.05) is 0 Å². The van der Waals surface area contributed by atoms with Crippen LogP contribution in [0.4, 0.5) is 0 Å². The molecule has 1 saturated heterocycles. The molecule has 1 aliphatic rings. The number of rotatable bonds is 3. The molecule has 1 fully saturated rings. The normalized spacial score (nSPS) is 19.0. The fraction of sp³-hybridized carbons (Fsp3) is 0.562. The van der Waals surface area contributed by atoms with E-state index in [4.69, 9.17) is 9.47 Å². The number of ether oxygens (including phenoxy) is 2. The summed E-state index contributed by atoms with van der Waals surface area (Å²) in [5.41, 5.74) is 1.55. The van der Waals surface area contributed by atoms with Gasteiger partial charge in [-0.25, -0.2) is 0 Å². The molecule has 1 aromatic rings. The standard InChI is InChI=1S/C16H24N2O3/c1-12-14(20-3)10-13(11-15(12)21-4)16(19)18-7-5-6-17(2)8-9-18/h10-11H,5-9H2,1-4H3/p+1. The summed E-state index contributed by atoms with van der Waals surface area (Å²) in [7, 11) is 5.40. The van der Waals surface area contributed by atoms with Gasteiger partial charge in [0.1, 0.15) is 11.5 Å². The predicted octanol–water partition coefficient (Wildman–Crippen LogP) is 0.373. The summed E-state index contributed by atoms with van der Waals surface area (Å²) < 4.78 is 10.7. The first-order chi connectivity index (χ1) is 10.1. The van der Waals surface area contributed by atoms with Crippen LogP contribution < -0.4 is 14.4 Å². The largest absolute Gasteiger partial charge is 0.496 e. The van der Waals surface area contributed by atoms with E-state index in [0.717, 1.165) is 38.2 Å². The number of nitrogens with one attached hydrogen (secondary N) is 1. The second-order valence-corrected chi connectivity index (χ2v) is 5.61. The smallest absolute Gasteiger partial charge is 0.254 e. The Kier molecular flexibility index (Phi) is 5.07. The highest BCUT2D eigenvalue weighted by Crippen LogP contribution is 2.30. The average molecular weight is 293 g/mol. The molecule has 21 heavy (non-hydrogen) atoms. The second-order valence-electron chi connectivity index (χ2n) is 5.61. The minimum Gasteiger partial charge on any atom is -0.496 e. The van der Waals surface area contributed by atoms with E-state index < -0.39 is 0 Å². The zero-order valence-electron chi connectivity index (χ0n) is 13.4. The van der Waals surface area contributed by atoms with Gasteiger partial charge in [-0.15, -0.1) is 0 Å². The van der Waals surface area contributed by atoms with Crippen LogP contribution in [0.5, 0.6) is 11.5 Å². The molecular formula is C16H25N2O3+. The predicted molar refractivity (Wildman–Crippen MR) is 81.4 cm³/mol.